The number of nitrogens with zero attached hydrogens (tertiary/aromatic N) is 1. The van der Waals surface area contributed by atoms with Crippen LogP contribution in [-0.4, -0.2) is 35.4 Å². The number of ether oxygens (including phenoxy) is 1. The van der Waals surface area contributed by atoms with Crippen LogP contribution in [0.25, 0.3) is 0 Å². The summed E-state index contributed by atoms with van der Waals surface area (Å²) >= 11 is 6.08. The second-order valence-corrected chi connectivity index (χ2v) is 7.98. The van der Waals surface area contributed by atoms with Gasteiger partial charge < -0.3 is 15.0 Å². The molecule has 0 saturated carbocycles. The van der Waals surface area contributed by atoms with Crippen molar-refractivity contribution in [1.29, 1.82) is 0 Å². The zero-order valence-electron chi connectivity index (χ0n) is 17.7. The largest absolute Gasteiger partial charge is 0.483 e. The predicted octanol–water partition coefficient (Wildman–Crippen LogP) is 4.28. The molecular weight excluding hydrogens is 388 g/mol. The molecule has 1 N–H and O–H groups in total. The van der Waals surface area contributed by atoms with Crippen molar-refractivity contribution in [3.8, 4) is 5.75 Å². The fraction of sp³-hybridized carbons (Fsp3) is 0.391. The molecule has 0 aromatic heterocycles. The smallest absolute Gasteiger partial charge is 0.261 e. The van der Waals surface area contributed by atoms with Crippen molar-refractivity contribution in [2.45, 2.75) is 53.2 Å². The summed E-state index contributed by atoms with van der Waals surface area (Å²) in [5.41, 5.74) is 2.94. The number of aryl methyl sites for hydroxylation is 2. The van der Waals surface area contributed by atoms with Crippen molar-refractivity contribution in [2.24, 2.45) is 0 Å². The SMILES string of the molecule is Cc1ccc(OCC(=O)N(Cc2cccc(Cl)c2)[C@H](C)C(=O)NC(C)C)c(C)c1. The van der Waals surface area contributed by atoms with E-state index < -0.39 is 6.04 Å². The third kappa shape index (κ3) is 6.79. The Morgan fingerprint density at radius 3 is 2.45 bits per heavy atom. The van der Waals surface area contributed by atoms with Gasteiger partial charge in [0.2, 0.25) is 5.91 Å². The van der Waals surface area contributed by atoms with Crippen molar-refractivity contribution < 1.29 is 14.3 Å². The van der Waals surface area contributed by atoms with Crippen LogP contribution >= 0.6 is 11.6 Å². The molecule has 2 amide bonds. The summed E-state index contributed by atoms with van der Waals surface area (Å²) < 4.78 is 5.76. The van der Waals surface area contributed by atoms with Crippen LogP contribution in [0, 0.1) is 13.8 Å². The number of amides is 2. The fourth-order valence-electron chi connectivity index (χ4n) is 3.00. The highest BCUT2D eigenvalue weighted by molar-refractivity contribution is 6.30. The van der Waals surface area contributed by atoms with Gasteiger partial charge in [-0.3, -0.25) is 9.59 Å². The highest BCUT2D eigenvalue weighted by Gasteiger charge is 2.27. The lowest BCUT2D eigenvalue weighted by atomic mass is 10.1. The number of rotatable bonds is 8. The zero-order valence-corrected chi connectivity index (χ0v) is 18.4. The molecule has 0 saturated heterocycles. The third-order valence-electron chi connectivity index (χ3n) is 4.52. The van der Waals surface area contributed by atoms with Crippen LogP contribution in [0.1, 0.15) is 37.5 Å². The van der Waals surface area contributed by atoms with Gasteiger partial charge >= 0.3 is 0 Å². The second-order valence-electron chi connectivity index (χ2n) is 7.55. The molecule has 0 radical (unpaired) electrons. The van der Waals surface area contributed by atoms with Gasteiger partial charge in [0, 0.05) is 17.6 Å². The van der Waals surface area contributed by atoms with Gasteiger partial charge in [-0.15, -0.1) is 0 Å². The van der Waals surface area contributed by atoms with Crippen LogP contribution < -0.4 is 10.1 Å². The van der Waals surface area contributed by atoms with Crippen LogP contribution in [0.15, 0.2) is 42.5 Å². The lowest BCUT2D eigenvalue weighted by Crippen LogP contribution is -2.50. The van der Waals surface area contributed by atoms with Crippen LogP contribution in [0.2, 0.25) is 5.02 Å². The normalized spacial score (nSPS) is 11.8. The standard InChI is InChI=1S/C23H29ClN2O3/c1-15(2)25-23(28)18(5)26(13-19-7-6-8-20(24)12-19)22(27)14-29-21-10-9-16(3)11-17(21)4/h6-12,15,18H,13-14H2,1-5H3,(H,25,28)/t18-/m1/s1. The number of nitrogens with one attached hydrogen (secondary N) is 1. The average molecular weight is 417 g/mol. The summed E-state index contributed by atoms with van der Waals surface area (Å²) in [4.78, 5) is 27.1. The molecular formula is C23H29ClN2O3. The summed E-state index contributed by atoms with van der Waals surface area (Å²) in [6.45, 7) is 9.55. The minimum absolute atomic E-state index is 0.0143. The van der Waals surface area contributed by atoms with Gasteiger partial charge in [-0.25, -0.2) is 0 Å². The van der Waals surface area contributed by atoms with E-state index in [1.807, 2.05) is 58.0 Å². The summed E-state index contributed by atoms with van der Waals surface area (Å²) in [6, 6.07) is 12.4. The topological polar surface area (TPSA) is 58.6 Å². The molecule has 0 spiro atoms. The number of carbonyl (C=O) groups excluding carboxylic acids is 2. The van der Waals surface area contributed by atoms with E-state index in [0.29, 0.717) is 10.8 Å². The lowest BCUT2D eigenvalue weighted by molar-refractivity contribution is -0.142. The minimum Gasteiger partial charge on any atom is -0.483 e. The minimum atomic E-state index is -0.647. The summed E-state index contributed by atoms with van der Waals surface area (Å²) in [5.74, 6) is 0.184. The molecule has 0 aliphatic rings. The maximum absolute atomic E-state index is 13.0. The molecule has 2 aromatic carbocycles. The van der Waals surface area contributed by atoms with Gasteiger partial charge in [-0.2, -0.15) is 0 Å². The lowest BCUT2D eigenvalue weighted by Gasteiger charge is -2.29. The van der Waals surface area contributed by atoms with E-state index in [-0.39, 0.29) is 31.0 Å². The van der Waals surface area contributed by atoms with Crippen molar-refractivity contribution in [3.63, 3.8) is 0 Å². The molecule has 2 aromatic rings. The Morgan fingerprint density at radius 2 is 1.83 bits per heavy atom. The predicted molar refractivity (Wildman–Crippen MR) is 116 cm³/mol. The van der Waals surface area contributed by atoms with E-state index in [2.05, 4.69) is 5.32 Å². The maximum atomic E-state index is 13.0. The van der Waals surface area contributed by atoms with Crippen molar-refractivity contribution >= 4 is 23.4 Å². The van der Waals surface area contributed by atoms with Crippen LogP contribution in [-0.2, 0) is 16.1 Å². The summed E-state index contributed by atoms with van der Waals surface area (Å²) in [6.07, 6.45) is 0. The van der Waals surface area contributed by atoms with Gasteiger partial charge in [-0.05, 0) is 63.9 Å². The number of halogens is 1. The Balaban J connectivity index is 2.17. The summed E-state index contributed by atoms with van der Waals surface area (Å²) in [5, 5.41) is 3.45. The Labute approximate surface area is 178 Å². The van der Waals surface area contributed by atoms with E-state index in [1.54, 1.807) is 19.1 Å². The molecule has 2 rings (SSSR count). The highest BCUT2D eigenvalue weighted by atomic mass is 35.5. The Morgan fingerprint density at radius 1 is 1.10 bits per heavy atom. The number of hydrogen-bond acceptors (Lipinski definition) is 3. The van der Waals surface area contributed by atoms with E-state index >= 15 is 0 Å². The quantitative estimate of drug-likeness (QED) is 0.698. The first-order valence-corrected chi connectivity index (χ1v) is 10.1. The van der Waals surface area contributed by atoms with Crippen molar-refractivity contribution in [3.05, 3.63) is 64.2 Å². The fourth-order valence-corrected chi connectivity index (χ4v) is 3.22. The third-order valence-corrected chi connectivity index (χ3v) is 4.76. The maximum Gasteiger partial charge on any atom is 0.261 e. The highest BCUT2D eigenvalue weighted by Crippen LogP contribution is 2.20. The van der Waals surface area contributed by atoms with Crippen molar-refractivity contribution in [2.75, 3.05) is 6.61 Å². The van der Waals surface area contributed by atoms with Gasteiger partial charge in [0.05, 0.1) is 0 Å². The molecule has 0 aliphatic heterocycles. The van der Waals surface area contributed by atoms with Crippen LogP contribution in [0.5, 0.6) is 5.75 Å². The van der Waals surface area contributed by atoms with E-state index in [9.17, 15) is 9.59 Å². The monoisotopic (exact) mass is 416 g/mol. The molecule has 5 nitrogen and oxygen atoms in total. The number of carbonyl (C=O) groups is 2. The van der Waals surface area contributed by atoms with Crippen LogP contribution in [0.4, 0.5) is 0 Å². The molecule has 0 bridgehead atoms. The number of hydrogen-bond donors (Lipinski definition) is 1. The molecule has 0 fully saturated rings. The summed E-state index contributed by atoms with van der Waals surface area (Å²) in [7, 11) is 0. The molecule has 29 heavy (non-hydrogen) atoms. The molecule has 0 heterocycles. The molecule has 0 aliphatic carbocycles. The van der Waals surface area contributed by atoms with Gasteiger partial charge in [-0.1, -0.05) is 41.4 Å². The molecule has 0 unspecified atom stereocenters. The Kier molecular flexibility index (Phi) is 8.09. The van der Waals surface area contributed by atoms with Gasteiger partial charge in [0.1, 0.15) is 11.8 Å². The van der Waals surface area contributed by atoms with E-state index in [1.165, 1.54) is 4.90 Å². The Bertz CT molecular complexity index is 867. The molecule has 6 heteroatoms. The van der Waals surface area contributed by atoms with E-state index in [0.717, 1.165) is 16.7 Å². The first-order chi connectivity index (χ1) is 13.7. The number of benzene rings is 2. The van der Waals surface area contributed by atoms with Gasteiger partial charge in [0.15, 0.2) is 6.61 Å². The average Bonchev–Trinajstić information content (AvgIpc) is 2.64. The zero-order chi connectivity index (χ0) is 21.6. The molecule has 1 atom stereocenters. The van der Waals surface area contributed by atoms with E-state index in [4.69, 9.17) is 16.3 Å². The first-order valence-electron chi connectivity index (χ1n) is 9.71. The van der Waals surface area contributed by atoms with Crippen molar-refractivity contribution in [1.82, 2.24) is 10.2 Å². The van der Waals surface area contributed by atoms with Crippen LogP contribution in [0.3, 0.4) is 0 Å². The Hall–Kier alpha value is -2.53. The van der Waals surface area contributed by atoms with Gasteiger partial charge in [0.25, 0.3) is 5.91 Å². The second kappa shape index (κ2) is 10.3. The first kappa shape index (κ1) is 22.8. The molecule has 156 valence electrons.